The molecule has 0 fully saturated rings. The van der Waals surface area contributed by atoms with E-state index in [0.717, 1.165) is 0 Å². The van der Waals surface area contributed by atoms with Crippen molar-refractivity contribution in [1.82, 2.24) is 0 Å². The Kier molecular flexibility index (Phi) is 4.87. The van der Waals surface area contributed by atoms with Gasteiger partial charge in [-0.05, 0) is 36.2 Å². The van der Waals surface area contributed by atoms with Gasteiger partial charge in [0.05, 0.1) is 10.6 Å². The molecule has 0 saturated carbocycles. The molecule has 88 valence electrons. The van der Waals surface area contributed by atoms with Gasteiger partial charge in [-0.25, -0.2) is 13.6 Å². The maximum absolute atomic E-state index is 10.9. The van der Waals surface area contributed by atoms with Crippen molar-refractivity contribution in [2.24, 2.45) is 20.5 Å². The van der Waals surface area contributed by atoms with E-state index in [0.29, 0.717) is 18.0 Å². The van der Waals surface area contributed by atoms with E-state index in [4.69, 9.17) is 10.9 Å². The first kappa shape index (κ1) is 13.1. The lowest BCUT2D eigenvalue weighted by molar-refractivity contribution is 0.598. The minimum absolute atomic E-state index is 0.0565. The largest absolute Gasteiger partial charge is 0.330 e. The molecule has 0 atom stereocenters. The quantitative estimate of drug-likeness (QED) is 0.467. The SMILES string of the molecule is NCCSN=Nc1ccc(S(N)(=O)=O)cc1. The highest BCUT2D eigenvalue weighted by atomic mass is 32.2. The van der Waals surface area contributed by atoms with Crippen LogP contribution in [0.2, 0.25) is 0 Å². The molecule has 0 aliphatic heterocycles. The first-order chi connectivity index (χ1) is 7.54. The summed E-state index contributed by atoms with van der Waals surface area (Å²) in [5.74, 6) is 0.693. The highest BCUT2D eigenvalue weighted by molar-refractivity contribution is 7.97. The van der Waals surface area contributed by atoms with Crippen molar-refractivity contribution in [1.29, 1.82) is 0 Å². The van der Waals surface area contributed by atoms with Crippen LogP contribution in [0.25, 0.3) is 0 Å². The molecular formula is C8H12N4O2S2. The topological polar surface area (TPSA) is 111 Å². The number of sulfonamides is 1. The number of rotatable bonds is 5. The Balaban J connectivity index is 2.69. The molecule has 0 aromatic heterocycles. The fraction of sp³-hybridized carbons (Fsp3) is 0.250. The fourth-order valence-electron chi connectivity index (χ4n) is 0.872. The van der Waals surface area contributed by atoms with Crippen molar-refractivity contribution in [3.63, 3.8) is 0 Å². The molecule has 0 radical (unpaired) electrons. The summed E-state index contributed by atoms with van der Waals surface area (Å²) in [7, 11) is -3.64. The molecule has 4 N–H and O–H groups in total. The normalized spacial score (nSPS) is 12.1. The average molecular weight is 260 g/mol. The van der Waals surface area contributed by atoms with Crippen LogP contribution in [-0.2, 0) is 10.0 Å². The van der Waals surface area contributed by atoms with Crippen LogP contribution >= 0.6 is 11.9 Å². The monoisotopic (exact) mass is 260 g/mol. The number of benzene rings is 1. The van der Waals surface area contributed by atoms with Gasteiger partial charge in [0, 0.05) is 12.3 Å². The van der Waals surface area contributed by atoms with E-state index in [-0.39, 0.29) is 4.90 Å². The van der Waals surface area contributed by atoms with Gasteiger partial charge in [0.2, 0.25) is 10.0 Å². The Labute approximate surface area is 98.3 Å². The Hall–Kier alpha value is -0.960. The van der Waals surface area contributed by atoms with Crippen molar-refractivity contribution in [2.75, 3.05) is 12.3 Å². The summed E-state index contributed by atoms with van der Waals surface area (Å²) in [6.45, 7) is 0.536. The Morgan fingerprint density at radius 3 is 2.38 bits per heavy atom. The summed E-state index contributed by atoms with van der Waals surface area (Å²) in [6, 6.07) is 5.84. The predicted octanol–water partition coefficient (Wildman–Crippen LogP) is 1.02. The molecule has 6 nitrogen and oxygen atoms in total. The molecule has 1 aromatic carbocycles. The van der Waals surface area contributed by atoms with Gasteiger partial charge in [-0.3, -0.25) is 0 Å². The van der Waals surface area contributed by atoms with Gasteiger partial charge < -0.3 is 5.73 Å². The molecule has 0 unspecified atom stereocenters. The van der Waals surface area contributed by atoms with Crippen molar-refractivity contribution >= 4 is 27.7 Å². The first-order valence-electron chi connectivity index (χ1n) is 4.40. The second-order valence-corrected chi connectivity index (χ2v) is 5.23. The van der Waals surface area contributed by atoms with Crippen molar-refractivity contribution < 1.29 is 8.42 Å². The zero-order valence-electron chi connectivity index (χ0n) is 8.41. The van der Waals surface area contributed by atoms with Crippen molar-refractivity contribution in [3.8, 4) is 0 Å². The van der Waals surface area contributed by atoms with Gasteiger partial charge in [0.1, 0.15) is 0 Å². The fourth-order valence-corrected chi connectivity index (χ4v) is 1.73. The summed E-state index contributed by atoms with van der Waals surface area (Å²) in [5.41, 5.74) is 5.84. The van der Waals surface area contributed by atoms with Crippen LogP contribution < -0.4 is 10.9 Å². The van der Waals surface area contributed by atoms with Crippen LogP contribution in [0, 0.1) is 0 Å². The molecule has 0 amide bonds. The Bertz CT molecular complexity index is 455. The van der Waals surface area contributed by atoms with Gasteiger partial charge >= 0.3 is 0 Å². The molecule has 0 saturated heterocycles. The van der Waals surface area contributed by atoms with Gasteiger partial charge in [-0.2, -0.15) is 0 Å². The number of nitrogens with two attached hydrogens (primary N) is 2. The van der Waals surface area contributed by atoms with Gasteiger partial charge in [-0.15, -0.1) is 9.63 Å². The molecule has 0 aliphatic carbocycles. The highest BCUT2D eigenvalue weighted by Crippen LogP contribution is 2.17. The van der Waals surface area contributed by atoms with Crippen LogP contribution in [0.4, 0.5) is 5.69 Å². The standard InChI is InChI=1S/C8H12N4O2S2/c9-5-6-15-12-11-7-1-3-8(4-2-7)16(10,13)14/h1-4H,5-6,9H2,(H2,10,13,14). The average Bonchev–Trinajstić information content (AvgIpc) is 2.24. The first-order valence-corrected chi connectivity index (χ1v) is 6.89. The molecular weight excluding hydrogens is 248 g/mol. The Morgan fingerprint density at radius 1 is 1.25 bits per heavy atom. The van der Waals surface area contributed by atoms with E-state index in [2.05, 4.69) is 9.63 Å². The van der Waals surface area contributed by atoms with Crippen LogP contribution in [0.5, 0.6) is 0 Å². The third-order valence-electron chi connectivity index (χ3n) is 1.59. The number of nitrogens with zero attached hydrogens (tertiary/aromatic N) is 2. The van der Waals surface area contributed by atoms with Gasteiger partial charge in [0.15, 0.2) is 0 Å². The zero-order valence-corrected chi connectivity index (χ0v) is 10.0. The van der Waals surface area contributed by atoms with Crippen molar-refractivity contribution in [2.45, 2.75) is 4.90 Å². The summed E-state index contributed by atoms with van der Waals surface area (Å²) in [6.07, 6.45) is 0. The lowest BCUT2D eigenvalue weighted by Crippen LogP contribution is -2.11. The van der Waals surface area contributed by atoms with Gasteiger partial charge in [-0.1, -0.05) is 0 Å². The van der Waals surface area contributed by atoms with E-state index in [9.17, 15) is 8.42 Å². The molecule has 1 aromatic rings. The van der Waals surface area contributed by atoms with Crippen LogP contribution in [0.15, 0.2) is 38.8 Å². The molecule has 1 rings (SSSR count). The molecule has 0 spiro atoms. The molecule has 16 heavy (non-hydrogen) atoms. The predicted molar refractivity (Wildman–Crippen MR) is 63.8 cm³/mol. The third-order valence-corrected chi connectivity index (χ3v) is 3.13. The summed E-state index contributed by atoms with van der Waals surface area (Å²) < 4.78 is 25.7. The second kappa shape index (κ2) is 5.94. The van der Waals surface area contributed by atoms with E-state index in [1.807, 2.05) is 0 Å². The van der Waals surface area contributed by atoms with E-state index < -0.39 is 10.0 Å². The highest BCUT2D eigenvalue weighted by Gasteiger charge is 2.05. The van der Waals surface area contributed by atoms with E-state index in [1.54, 1.807) is 0 Å². The summed E-state index contributed by atoms with van der Waals surface area (Å²) in [4.78, 5) is 0.0565. The summed E-state index contributed by atoms with van der Waals surface area (Å²) >= 11 is 1.25. The minimum Gasteiger partial charge on any atom is -0.330 e. The van der Waals surface area contributed by atoms with Crippen LogP contribution in [-0.4, -0.2) is 20.7 Å². The molecule has 0 aliphatic rings. The van der Waals surface area contributed by atoms with Gasteiger partial charge in [0.25, 0.3) is 0 Å². The van der Waals surface area contributed by atoms with E-state index in [1.165, 1.54) is 36.2 Å². The summed E-state index contributed by atoms with van der Waals surface area (Å²) in [5, 5.41) is 8.81. The maximum Gasteiger partial charge on any atom is 0.238 e. The number of hydrogen-bond donors (Lipinski definition) is 2. The molecule has 0 bridgehead atoms. The lowest BCUT2D eigenvalue weighted by atomic mass is 10.3. The number of primary sulfonamides is 1. The minimum atomic E-state index is -3.64. The molecule has 0 heterocycles. The zero-order chi connectivity index (χ0) is 12.0. The number of hydrogen-bond acceptors (Lipinski definition) is 6. The lowest BCUT2D eigenvalue weighted by Gasteiger charge is -1.97. The molecule has 8 heteroatoms. The third kappa shape index (κ3) is 4.27. The smallest absolute Gasteiger partial charge is 0.238 e. The van der Waals surface area contributed by atoms with Crippen LogP contribution in [0.1, 0.15) is 0 Å². The van der Waals surface area contributed by atoms with Crippen molar-refractivity contribution in [3.05, 3.63) is 24.3 Å². The van der Waals surface area contributed by atoms with Crippen LogP contribution in [0.3, 0.4) is 0 Å². The Morgan fingerprint density at radius 2 is 1.88 bits per heavy atom. The second-order valence-electron chi connectivity index (χ2n) is 2.84. The van der Waals surface area contributed by atoms with E-state index >= 15 is 0 Å². The maximum atomic E-state index is 10.9.